The third kappa shape index (κ3) is 7.52. The zero-order valence-corrected chi connectivity index (χ0v) is 20.7. The second-order valence-corrected chi connectivity index (χ2v) is 10.7. The Labute approximate surface area is 190 Å². The first kappa shape index (κ1) is 25.2. The number of methoxy groups -OCH3 is 2. The van der Waals surface area contributed by atoms with Crippen molar-refractivity contribution in [1.82, 2.24) is 10.6 Å². The molecule has 0 radical (unpaired) electrons. The quantitative estimate of drug-likeness (QED) is 0.450. The Bertz CT molecular complexity index is 828. The number of hydrogen-bond donors (Lipinski definition) is 4. The zero-order valence-electron chi connectivity index (χ0n) is 19.8. The molecule has 2 aromatic carbocycles. The van der Waals surface area contributed by atoms with Crippen molar-refractivity contribution in [3.05, 3.63) is 35.4 Å². The number of benzene rings is 2. The van der Waals surface area contributed by atoms with Crippen LogP contribution in [0.2, 0.25) is 0 Å². The van der Waals surface area contributed by atoms with E-state index in [0.29, 0.717) is 34.4 Å². The number of ether oxygens (including phenoxy) is 2. The molecule has 4 N–H and O–H groups in total. The summed E-state index contributed by atoms with van der Waals surface area (Å²) in [7, 11) is 3.20. The molecule has 0 aromatic heterocycles. The minimum atomic E-state index is -0.0944. The molecule has 7 heteroatoms. The average molecular weight is 449 g/mol. The first-order valence-corrected chi connectivity index (χ1v) is 11.1. The molecular weight excluding hydrogens is 412 g/mol. The topological polar surface area (TPSA) is 83.0 Å². The van der Waals surface area contributed by atoms with Crippen LogP contribution in [0.1, 0.15) is 52.7 Å². The van der Waals surface area contributed by atoms with E-state index in [2.05, 4.69) is 52.2 Å². The predicted molar refractivity (Wildman–Crippen MR) is 127 cm³/mol. The molecular formula is C24H36N2O4S. The number of nitrogens with one attached hydrogen (secondary N) is 2. The summed E-state index contributed by atoms with van der Waals surface area (Å²) in [6, 6.07) is 7.18. The molecule has 0 atom stereocenters. The largest absolute Gasteiger partial charge is 0.506 e. The van der Waals surface area contributed by atoms with E-state index in [-0.39, 0.29) is 22.6 Å². The minimum absolute atomic E-state index is 0.0944. The van der Waals surface area contributed by atoms with Gasteiger partial charge in [-0.1, -0.05) is 11.8 Å². The molecule has 0 saturated carbocycles. The van der Waals surface area contributed by atoms with Crippen LogP contribution < -0.4 is 20.1 Å². The standard InChI is InChI=1S/C24H36N2O4S/c1-23(2,3)25-13-15-9-17(29-7)11-19(21(15)27)31-20-12-18(30-8)10-16(22(20)28)14-26-24(4,5)6/h9-12,25-28H,13-14H2,1-8H3. The molecule has 2 rings (SSSR count). The van der Waals surface area contributed by atoms with E-state index in [1.807, 2.05) is 12.1 Å². The van der Waals surface area contributed by atoms with Crippen LogP contribution in [0.3, 0.4) is 0 Å². The molecule has 0 saturated heterocycles. The third-order valence-corrected chi connectivity index (χ3v) is 5.63. The van der Waals surface area contributed by atoms with Crippen molar-refractivity contribution in [2.75, 3.05) is 14.2 Å². The Morgan fingerprint density at radius 3 is 1.35 bits per heavy atom. The maximum atomic E-state index is 10.9. The van der Waals surface area contributed by atoms with Crippen LogP contribution in [0, 0.1) is 0 Å². The minimum Gasteiger partial charge on any atom is -0.506 e. The fourth-order valence-electron chi connectivity index (χ4n) is 2.78. The van der Waals surface area contributed by atoms with Crippen LogP contribution >= 0.6 is 11.8 Å². The molecule has 0 fully saturated rings. The summed E-state index contributed by atoms with van der Waals surface area (Å²) in [5.74, 6) is 1.62. The van der Waals surface area contributed by atoms with Gasteiger partial charge in [0.25, 0.3) is 0 Å². The lowest BCUT2D eigenvalue weighted by Crippen LogP contribution is -2.35. The lowest BCUT2D eigenvalue weighted by molar-refractivity contribution is 0.393. The van der Waals surface area contributed by atoms with Crippen LogP contribution in [-0.2, 0) is 13.1 Å². The Hall–Kier alpha value is -2.09. The van der Waals surface area contributed by atoms with Gasteiger partial charge in [0.05, 0.1) is 24.0 Å². The highest BCUT2D eigenvalue weighted by molar-refractivity contribution is 7.99. The van der Waals surface area contributed by atoms with Gasteiger partial charge in [-0.15, -0.1) is 0 Å². The Morgan fingerprint density at radius 1 is 0.710 bits per heavy atom. The van der Waals surface area contributed by atoms with Crippen molar-refractivity contribution in [3.8, 4) is 23.0 Å². The van der Waals surface area contributed by atoms with Gasteiger partial charge in [-0.05, 0) is 65.8 Å². The van der Waals surface area contributed by atoms with Gasteiger partial charge in [0.1, 0.15) is 23.0 Å². The molecule has 0 aliphatic rings. The molecule has 0 spiro atoms. The van der Waals surface area contributed by atoms with Crippen molar-refractivity contribution in [1.29, 1.82) is 0 Å². The average Bonchev–Trinajstić information content (AvgIpc) is 2.67. The number of aromatic hydroxyl groups is 2. The van der Waals surface area contributed by atoms with Crippen LogP contribution in [-0.4, -0.2) is 35.5 Å². The predicted octanol–water partition coefficient (Wildman–Crippen LogP) is 5.04. The third-order valence-electron chi connectivity index (χ3n) is 4.56. The Morgan fingerprint density at radius 2 is 1.06 bits per heavy atom. The fourth-order valence-corrected chi connectivity index (χ4v) is 3.82. The number of rotatable bonds is 8. The second-order valence-electron chi connectivity index (χ2n) is 9.58. The van der Waals surface area contributed by atoms with Gasteiger partial charge in [0.2, 0.25) is 0 Å². The molecule has 2 aromatic rings. The van der Waals surface area contributed by atoms with Gasteiger partial charge in [-0.3, -0.25) is 0 Å². The van der Waals surface area contributed by atoms with Crippen LogP contribution in [0.25, 0.3) is 0 Å². The zero-order chi connectivity index (χ0) is 23.4. The van der Waals surface area contributed by atoms with Gasteiger partial charge in [0, 0.05) is 35.3 Å². The Kier molecular flexibility index (Phi) is 8.14. The lowest BCUT2D eigenvalue weighted by atomic mass is 10.1. The smallest absolute Gasteiger partial charge is 0.134 e. The summed E-state index contributed by atoms with van der Waals surface area (Å²) in [6.45, 7) is 13.4. The summed E-state index contributed by atoms with van der Waals surface area (Å²) in [6.07, 6.45) is 0. The molecule has 31 heavy (non-hydrogen) atoms. The fraction of sp³-hybridized carbons (Fsp3) is 0.500. The highest BCUT2D eigenvalue weighted by Crippen LogP contribution is 2.44. The van der Waals surface area contributed by atoms with E-state index in [9.17, 15) is 10.2 Å². The molecule has 6 nitrogen and oxygen atoms in total. The summed E-state index contributed by atoms with van der Waals surface area (Å²) in [5.41, 5.74) is 1.27. The van der Waals surface area contributed by atoms with E-state index >= 15 is 0 Å². The summed E-state index contributed by atoms with van der Waals surface area (Å²) in [4.78, 5) is 1.20. The Balaban J connectivity index is 2.42. The highest BCUT2D eigenvalue weighted by Gasteiger charge is 2.19. The van der Waals surface area contributed by atoms with Gasteiger partial charge in [-0.25, -0.2) is 0 Å². The molecule has 0 aliphatic heterocycles. The van der Waals surface area contributed by atoms with Gasteiger partial charge in [0.15, 0.2) is 0 Å². The first-order valence-electron chi connectivity index (χ1n) is 10.3. The van der Waals surface area contributed by atoms with E-state index in [1.165, 1.54) is 11.8 Å². The monoisotopic (exact) mass is 448 g/mol. The summed E-state index contributed by atoms with van der Waals surface area (Å²) < 4.78 is 10.9. The van der Waals surface area contributed by atoms with Crippen molar-refractivity contribution >= 4 is 11.8 Å². The SMILES string of the molecule is COc1cc(CNC(C)(C)C)c(O)c(Sc2cc(OC)cc(CNC(C)(C)C)c2O)c1. The summed E-state index contributed by atoms with van der Waals surface area (Å²) in [5, 5.41) is 28.6. The van der Waals surface area contributed by atoms with Gasteiger partial charge in [-0.2, -0.15) is 0 Å². The maximum Gasteiger partial charge on any atom is 0.134 e. The van der Waals surface area contributed by atoms with Crippen LogP contribution in [0.4, 0.5) is 0 Å². The molecule has 0 heterocycles. The number of phenolic OH excluding ortho intramolecular Hbond substituents is 2. The highest BCUT2D eigenvalue weighted by atomic mass is 32.2. The molecule has 0 bridgehead atoms. The van der Waals surface area contributed by atoms with Crippen molar-refractivity contribution < 1.29 is 19.7 Å². The van der Waals surface area contributed by atoms with Crippen LogP contribution in [0.5, 0.6) is 23.0 Å². The van der Waals surface area contributed by atoms with E-state index in [4.69, 9.17) is 9.47 Å². The van der Waals surface area contributed by atoms with Gasteiger partial charge >= 0.3 is 0 Å². The van der Waals surface area contributed by atoms with E-state index in [0.717, 1.165) is 11.1 Å². The number of hydrogen-bond acceptors (Lipinski definition) is 7. The second kappa shape index (κ2) is 10.0. The first-order chi connectivity index (χ1) is 14.3. The normalized spacial score (nSPS) is 12.1. The van der Waals surface area contributed by atoms with E-state index in [1.54, 1.807) is 26.4 Å². The maximum absolute atomic E-state index is 10.9. The van der Waals surface area contributed by atoms with Gasteiger partial charge < -0.3 is 30.3 Å². The van der Waals surface area contributed by atoms with Crippen molar-refractivity contribution in [2.45, 2.75) is 75.5 Å². The van der Waals surface area contributed by atoms with E-state index < -0.39 is 0 Å². The van der Waals surface area contributed by atoms with Crippen molar-refractivity contribution in [2.24, 2.45) is 0 Å². The van der Waals surface area contributed by atoms with Crippen LogP contribution in [0.15, 0.2) is 34.1 Å². The molecule has 172 valence electrons. The summed E-state index contributed by atoms with van der Waals surface area (Å²) >= 11 is 1.28. The lowest BCUT2D eigenvalue weighted by Gasteiger charge is -2.22. The van der Waals surface area contributed by atoms with Crippen molar-refractivity contribution in [3.63, 3.8) is 0 Å². The molecule has 0 amide bonds. The number of phenols is 2. The molecule has 0 aliphatic carbocycles. The molecule has 0 unspecified atom stereocenters.